The van der Waals surface area contributed by atoms with E-state index in [-0.39, 0.29) is 39.5 Å². The van der Waals surface area contributed by atoms with Gasteiger partial charge in [0.15, 0.2) is 0 Å². The van der Waals surface area contributed by atoms with Crippen molar-refractivity contribution in [1.29, 1.82) is 0 Å². The summed E-state index contributed by atoms with van der Waals surface area (Å²) >= 11 is 2.73. The van der Waals surface area contributed by atoms with Gasteiger partial charge >= 0.3 is 11.0 Å². The second-order valence-corrected chi connectivity index (χ2v) is 14.5. The number of aromatic nitrogens is 1. The fourth-order valence-electron chi connectivity index (χ4n) is 8.24. The number of anilines is 1. The van der Waals surface area contributed by atoms with Crippen LogP contribution in [0.2, 0.25) is 0 Å². The number of benzene rings is 3. The van der Waals surface area contributed by atoms with Crippen LogP contribution < -0.4 is 14.5 Å². The maximum atomic E-state index is 14.0. The van der Waals surface area contributed by atoms with Crippen LogP contribution in [0.4, 0.5) is 18.9 Å². The number of hydrogen-bond donors (Lipinski definition) is 1. The zero-order valence-electron chi connectivity index (χ0n) is 23.9. The summed E-state index contributed by atoms with van der Waals surface area (Å²) in [6.45, 7) is 2.40. The van der Waals surface area contributed by atoms with Gasteiger partial charge in [-0.1, -0.05) is 59.9 Å². The smallest absolute Gasteiger partial charge is 0.416 e. The van der Waals surface area contributed by atoms with E-state index in [9.17, 15) is 27.6 Å². The van der Waals surface area contributed by atoms with Crippen molar-refractivity contribution in [3.05, 3.63) is 110 Å². The predicted molar refractivity (Wildman–Crippen MR) is 164 cm³/mol. The van der Waals surface area contributed by atoms with E-state index in [1.807, 2.05) is 55.5 Å². The minimum atomic E-state index is -4.60. The van der Waals surface area contributed by atoms with Crippen molar-refractivity contribution >= 4 is 40.6 Å². The van der Waals surface area contributed by atoms with Crippen LogP contribution in [0.1, 0.15) is 39.5 Å². The van der Waals surface area contributed by atoms with Gasteiger partial charge in [-0.15, -0.1) is 11.8 Å². The van der Waals surface area contributed by atoms with Crippen LogP contribution in [0, 0.1) is 36.5 Å². The van der Waals surface area contributed by atoms with E-state index in [1.54, 1.807) is 11.8 Å². The van der Waals surface area contributed by atoms with Crippen LogP contribution >= 0.6 is 23.1 Å². The molecule has 6 nitrogen and oxygen atoms in total. The molecule has 3 fully saturated rings. The van der Waals surface area contributed by atoms with E-state index < -0.39 is 35.4 Å². The molecule has 1 N–H and O–H groups in total. The van der Waals surface area contributed by atoms with Crippen LogP contribution in [-0.2, 0) is 22.4 Å². The fourth-order valence-corrected chi connectivity index (χ4v) is 11.1. The van der Waals surface area contributed by atoms with Crippen molar-refractivity contribution in [1.82, 2.24) is 4.98 Å². The largest absolute Gasteiger partial charge is 0.489 e. The molecule has 2 amide bonds. The van der Waals surface area contributed by atoms with Crippen LogP contribution in [0.5, 0.6) is 5.75 Å². The molecule has 3 heterocycles. The summed E-state index contributed by atoms with van der Waals surface area (Å²) in [5.74, 6) is -2.04. The molecule has 0 radical (unpaired) electrons. The number of imide groups is 1. The first kappa shape index (κ1) is 28.6. The summed E-state index contributed by atoms with van der Waals surface area (Å²) in [4.78, 5) is 45.3. The number of rotatable bonds is 5. The molecule has 4 aliphatic rings. The van der Waals surface area contributed by atoms with E-state index in [1.165, 1.54) is 23.5 Å². The molecule has 0 spiro atoms. The normalized spacial score (nSPS) is 28.3. The number of ether oxygens (including phenoxy) is 1. The van der Waals surface area contributed by atoms with Gasteiger partial charge in [-0.05, 0) is 66.5 Å². The molecule has 45 heavy (non-hydrogen) atoms. The third-order valence-corrected chi connectivity index (χ3v) is 12.6. The molecule has 1 aromatic heterocycles. The minimum absolute atomic E-state index is 0.0424. The van der Waals surface area contributed by atoms with Crippen molar-refractivity contribution in [3.8, 4) is 5.75 Å². The number of amides is 2. The van der Waals surface area contributed by atoms with E-state index in [0.717, 1.165) is 43.6 Å². The number of alkyl halides is 3. The van der Waals surface area contributed by atoms with Gasteiger partial charge in [-0.25, -0.2) is 0 Å². The lowest BCUT2D eigenvalue weighted by Gasteiger charge is -2.43. The van der Waals surface area contributed by atoms with Crippen molar-refractivity contribution in [2.24, 2.45) is 29.6 Å². The second kappa shape index (κ2) is 10.3. The molecule has 230 valence electrons. The predicted octanol–water partition coefficient (Wildman–Crippen LogP) is 7.02. The van der Waals surface area contributed by atoms with E-state index in [2.05, 4.69) is 4.98 Å². The number of thioether (sulfide) groups is 1. The zero-order valence-corrected chi connectivity index (χ0v) is 25.5. The summed E-state index contributed by atoms with van der Waals surface area (Å²) in [7, 11) is 0. The van der Waals surface area contributed by atoms with Crippen molar-refractivity contribution in [2.75, 3.05) is 4.90 Å². The molecule has 3 aromatic carbocycles. The SMILES string of the molecule is Cc1ccccc1COc1ccccc1[C@@H]1c2sc(=O)[nH]c2S[C@@H]2[C@@H]3C[C@@H]([C@@H]4C(=O)N(c5cccc(C(F)(F)F)c5)C(=O)[C@@H]34)[C@@H]12. The number of aromatic amines is 1. The maximum absolute atomic E-state index is 14.0. The third-order valence-electron chi connectivity index (χ3n) is 10.1. The Morgan fingerprint density at radius 2 is 1.67 bits per heavy atom. The number of nitrogens with one attached hydrogen (secondary N) is 1. The lowest BCUT2D eigenvalue weighted by atomic mass is 9.68. The molecule has 2 aliphatic carbocycles. The number of para-hydroxylation sites is 1. The molecule has 11 heteroatoms. The molecule has 2 aliphatic heterocycles. The van der Waals surface area contributed by atoms with Gasteiger partial charge in [0, 0.05) is 21.6 Å². The van der Waals surface area contributed by atoms with Crippen LogP contribution in [0.15, 0.2) is 82.6 Å². The van der Waals surface area contributed by atoms with Crippen molar-refractivity contribution in [3.63, 3.8) is 0 Å². The number of carbonyl (C=O) groups is 2. The van der Waals surface area contributed by atoms with Gasteiger partial charge in [-0.3, -0.25) is 19.3 Å². The van der Waals surface area contributed by atoms with Gasteiger partial charge in [0.2, 0.25) is 11.8 Å². The standard InChI is InChI=1S/C34H27F3N2O4S2/c1-16-7-2-3-8-17(16)15-43-23-12-5-4-11-20(23)24-25-21-14-22(28(25)44-30-29(24)45-33(42)38-30)27-26(21)31(40)39(32(27)41)19-10-6-9-18(13-19)34(35,36)37/h2-13,21-22,24-28H,14-15H2,1H3,(H,38,42)/t21-,22-,24+,25+,26+,27+,28-/m1/s1. The molecule has 8 rings (SSSR count). The van der Waals surface area contributed by atoms with Crippen molar-refractivity contribution in [2.45, 2.75) is 42.3 Å². The average molecular weight is 649 g/mol. The maximum Gasteiger partial charge on any atom is 0.416 e. The highest BCUT2D eigenvalue weighted by molar-refractivity contribution is 8.00. The Hall–Kier alpha value is -3.83. The molecular weight excluding hydrogens is 622 g/mol. The second-order valence-electron chi connectivity index (χ2n) is 12.3. The molecule has 7 atom stereocenters. The highest BCUT2D eigenvalue weighted by atomic mass is 32.2. The van der Waals surface area contributed by atoms with E-state index in [0.29, 0.717) is 18.8 Å². The van der Waals surface area contributed by atoms with E-state index >= 15 is 0 Å². The molecule has 0 unspecified atom stereocenters. The van der Waals surface area contributed by atoms with Crippen LogP contribution in [-0.4, -0.2) is 22.0 Å². The third kappa shape index (κ3) is 4.41. The summed E-state index contributed by atoms with van der Waals surface area (Å²) in [5, 5.41) is 0.724. The number of carbonyl (C=O) groups excluding carboxylic acids is 2. The summed E-state index contributed by atoms with van der Waals surface area (Å²) < 4.78 is 47.0. The Morgan fingerprint density at radius 3 is 2.44 bits per heavy atom. The first-order chi connectivity index (χ1) is 21.6. The Balaban J connectivity index is 1.18. The first-order valence-electron chi connectivity index (χ1n) is 14.8. The molecule has 2 saturated carbocycles. The molecule has 4 aromatic rings. The number of aryl methyl sites for hydroxylation is 1. The number of thiazole rings is 1. The van der Waals surface area contributed by atoms with Gasteiger partial charge < -0.3 is 9.72 Å². The number of H-pyrrole nitrogens is 1. The average Bonchev–Trinajstić information content (AvgIpc) is 3.75. The lowest BCUT2D eigenvalue weighted by molar-refractivity contribution is -0.137. The number of halogens is 3. The zero-order chi connectivity index (χ0) is 31.2. The molecular formula is C34H27F3N2O4S2. The first-order valence-corrected chi connectivity index (χ1v) is 16.5. The monoisotopic (exact) mass is 648 g/mol. The lowest BCUT2D eigenvalue weighted by Crippen LogP contribution is -2.42. The van der Waals surface area contributed by atoms with E-state index in [4.69, 9.17) is 4.74 Å². The summed E-state index contributed by atoms with van der Waals surface area (Å²) in [6.07, 6.45) is -3.92. The Labute approximate surface area is 264 Å². The number of nitrogens with zero attached hydrogens (tertiary/aromatic N) is 1. The summed E-state index contributed by atoms with van der Waals surface area (Å²) in [6, 6.07) is 20.2. The highest BCUT2D eigenvalue weighted by Gasteiger charge is 2.70. The Morgan fingerprint density at radius 1 is 0.933 bits per heavy atom. The molecule has 1 saturated heterocycles. The number of hydrogen-bond acceptors (Lipinski definition) is 6. The van der Waals surface area contributed by atoms with Crippen molar-refractivity contribution < 1.29 is 27.5 Å². The van der Waals surface area contributed by atoms with Gasteiger partial charge in [0.1, 0.15) is 12.4 Å². The van der Waals surface area contributed by atoms with Gasteiger partial charge in [-0.2, -0.15) is 13.2 Å². The molecule has 2 bridgehead atoms. The highest BCUT2D eigenvalue weighted by Crippen LogP contribution is 2.69. The quantitative estimate of drug-likeness (QED) is 0.236. The van der Waals surface area contributed by atoms with Gasteiger partial charge in [0.05, 0.1) is 28.1 Å². The topological polar surface area (TPSA) is 79.5 Å². The van der Waals surface area contributed by atoms with Crippen LogP contribution in [0.25, 0.3) is 0 Å². The number of fused-ring (bicyclic) bond motifs is 9. The summed E-state index contributed by atoms with van der Waals surface area (Å²) in [5.41, 5.74) is 2.15. The van der Waals surface area contributed by atoms with Gasteiger partial charge in [0.25, 0.3) is 0 Å². The minimum Gasteiger partial charge on any atom is -0.489 e. The fraction of sp³-hybridized carbons (Fsp3) is 0.324. The Bertz CT molecular complexity index is 1920. The Kier molecular flexibility index (Phi) is 6.58. The van der Waals surface area contributed by atoms with Crippen LogP contribution in [0.3, 0.4) is 0 Å².